The summed E-state index contributed by atoms with van der Waals surface area (Å²) in [5.41, 5.74) is 7.90. The molecule has 1 fully saturated rings. The zero-order valence-corrected chi connectivity index (χ0v) is 12.4. The van der Waals surface area contributed by atoms with Crippen molar-refractivity contribution in [3.63, 3.8) is 0 Å². The van der Waals surface area contributed by atoms with Crippen molar-refractivity contribution >= 4 is 11.4 Å². The highest BCUT2D eigenvalue weighted by Crippen LogP contribution is 2.29. The minimum absolute atomic E-state index is 0.176. The van der Waals surface area contributed by atoms with Gasteiger partial charge in [-0.3, -0.25) is 0 Å². The van der Waals surface area contributed by atoms with Crippen LogP contribution in [-0.2, 0) is 0 Å². The maximum absolute atomic E-state index is 5.97. The van der Waals surface area contributed by atoms with E-state index in [1.807, 2.05) is 26.0 Å². The molecule has 1 aromatic rings. The van der Waals surface area contributed by atoms with Crippen molar-refractivity contribution < 1.29 is 4.74 Å². The van der Waals surface area contributed by atoms with Crippen molar-refractivity contribution in [2.24, 2.45) is 5.92 Å². The van der Waals surface area contributed by atoms with E-state index in [2.05, 4.69) is 18.0 Å². The Kier molecular flexibility index (Phi) is 4.56. The average Bonchev–Trinajstić information content (AvgIpc) is 2.80. The Hall–Kier alpha value is -1.38. The third-order valence-corrected chi connectivity index (χ3v) is 3.73. The smallest absolute Gasteiger partial charge is 0.123 e. The fourth-order valence-electron chi connectivity index (χ4n) is 2.85. The molecule has 0 radical (unpaired) electrons. The van der Waals surface area contributed by atoms with Crippen LogP contribution in [0.2, 0.25) is 0 Å². The first-order valence-electron chi connectivity index (χ1n) is 7.33. The number of benzene rings is 1. The lowest BCUT2D eigenvalue weighted by molar-refractivity contribution is 0.242. The molecule has 0 bridgehead atoms. The van der Waals surface area contributed by atoms with Crippen LogP contribution in [0.25, 0.3) is 0 Å². The second kappa shape index (κ2) is 6.18. The molecule has 1 aliphatic carbocycles. The highest BCUT2D eigenvalue weighted by Gasteiger charge is 2.17. The maximum atomic E-state index is 5.97. The molecule has 0 amide bonds. The molecule has 0 spiro atoms. The lowest BCUT2D eigenvalue weighted by Crippen LogP contribution is -2.24. The number of nitrogen functional groups attached to an aromatic ring is 1. The van der Waals surface area contributed by atoms with Crippen LogP contribution in [0.15, 0.2) is 18.2 Å². The van der Waals surface area contributed by atoms with Gasteiger partial charge >= 0.3 is 0 Å². The summed E-state index contributed by atoms with van der Waals surface area (Å²) in [6.45, 7) is 5.18. The van der Waals surface area contributed by atoms with Gasteiger partial charge < -0.3 is 15.4 Å². The summed E-state index contributed by atoms with van der Waals surface area (Å²) in [6.07, 6.45) is 5.67. The lowest BCUT2D eigenvalue weighted by Gasteiger charge is -2.24. The minimum Gasteiger partial charge on any atom is -0.491 e. The van der Waals surface area contributed by atoms with E-state index in [1.54, 1.807) is 0 Å². The standard InChI is InChI=1S/C16H26N2O/c1-12(2)19-16-9-14(17)8-15(10-16)18(3)11-13-6-4-5-7-13/h8-10,12-13H,4-7,11,17H2,1-3H3. The summed E-state index contributed by atoms with van der Waals surface area (Å²) in [4.78, 5) is 2.31. The molecule has 2 N–H and O–H groups in total. The third-order valence-electron chi connectivity index (χ3n) is 3.73. The molecular formula is C16H26N2O. The van der Waals surface area contributed by atoms with Crippen LogP contribution in [0.1, 0.15) is 39.5 Å². The quantitative estimate of drug-likeness (QED) is 0.823. The van der Waals surface area contributed by atoms with Crippen molar-refractivity contribution in [2.75, 3.05) is 24.2 Å². The molecule has 0 unspecified atom stereocenters. The summed E-state index contributed by atoms with van der Waals surface area (Å²) >= 11 is 0. The molecule has 3 heteroatoms. The number of hydrogen-bond donors (Lipinski definition) is 1. The molecule has 2 rings (SSSR count). The molecule has 106 valence electrons. The van der Waals surface area contributed by atoms with Crippen LogP contribution in [0.5, 0.6) is 5.75 Å². The Morgan fingerprint density at radius 2 is 1.95 bits per heavy atom. The summed E-state index contributed by atoms with van der Waals surface area (Å²) < 4.78 is 5.75. The molecule has 1 aliphatic rings. The van der Waals surface area contributed by atoms with Crippen LogP contribution in [-0.4, -0.2) is 19.7 Å². The molecule has 0 saturated heterocycles. The fraction of sp³-hybridized carbons (Fsp3) is 0.625. The number of hydrogen-bond acceptors (Lipinski definition) is 3. The van der Waals surface area contributed by atoms with Gasteiger partial charge in [-0.2, -0.15) is 0 Å². The highest BCUT2D eigenvalue weighted by atomic mass is 16.5. The number of anilines is 2. The number of nitrogens with zero attached hydrogens (tertiary/aromatic N) is 1. The van der Waals surface area contributed by atoms with Crippen LogP contribution in [0.4, 0.5) is 11.4 Å². The van der Waals surface area contributed by atoms with E-state index in [4.69, 9.17) is 10.5 Å². The van der Waals surface area contributed by atoms with Crippen LogP contribution in [0.3, 0.4) is 0 Å². The van der Waals surface area contributed by atoms with E-state index < -0.39 is 0 Å². The Morgan fingerprint density at radius 3 is 2.58 bits per heavy atom. The van der Waals surface area contributed by atoms with Gasteiger partial charge in [-0.1, -0.05) is 12.8 Å². The second-order valence-electron chi connectivity index (χ2n) is 5.96. The zero-order valence-electron chi connectivity index (χ0n) is 12.4. The topological polar surface area (TPSA) is 38.5 Å². The largest absolute Gasteiger partial charge is 0.491 e. The average molecular weight is 262 g/mol. The van der Waals surface area contributed by atoms with Gasteiger partial charge in [0.2, 0.25) is 0 Å². The Bertz CT molecular complexity index is 411. The van der Waals surface area contributed by atoms with E-state index in [0.29, 0.717) is 0 Å². The number of ether oxygens (including phenoxy) is 1. The summed E-state index contributed by atoms with van der Waals surface area (Å²) in [5, 5.41) is 0. The van der Waals surface area contributed by atoms with Gasteiger partial charge in [0, 0.05) is 37.1 Å². The molecule has 19 heavy (non-hydrogen) atoms. The summed E-state index contributed by atoms with van der Waals surface area (Å²) in [7, 11) is 2.15. The van der Waals surface area contributed by atoms with Crippen LogP contribution < -0.4 is 15.4 Å². The normalized spacial score (nSPS) is 16.0. The van der Waals surface area contributed by atoms with Gasteiger partial charge in [-0.15, -0.1) is 0 Å². The van der Waals surface area contributed by atoms with E-state index in [9.17, 15) is 0 Å². The first-order valence-corrected chi connectivity index (χ1v) is 7.33. The van der Waals surface area contributed by atoms with Crippen molar-refractivity contribution in [3.8, 4) is 5.75 Å². The second-order valence-corrected chi connectivity index (χ2v) is 5.96. The van der Waals surface area contributed by atoms with E-state index in [1.165, 1.54) is 25.7 Å². The van der Waals surface area contributed by atoms with Gasteiger partial charge in [0.1, 0.15) is 5.75 Å². The Labute approximate surface area is 116 Å². The Balaban J connectivity index is 2.06. The molecule has 1 saturated carbocycles. The lowest BCUT2D eigenvalue weighted by atomic mass is 10.1. The van der Waals surface area contributed by atoms with Gasteiger partial charge in [0.25, 0.3) is 0 Å². The van der Waals surface area contributed by atoms with Crippen LogP contribution >= 0.6 is 0 Å². The molecule has 0 aliphatic heterocycles. The Morgan fingerprint density at radius 1 is 1.26 bits per heavy atom. The predicted molar refractivity (Wildman–Crippen MR) is 81.8 cm³/mol. The van der Waals surface area contributed by atoms with Crippen molar-refractivity contribution in [2.45, 2.75) is 45.6 Å². The first-order chi connectivity index (χ1) is 9.04. The van der Waals surface area contributed by atoms with Crippen molar-refractivity contribution in [3.05, 3.63) is 18.2 Å². The van der Waals surface area contributed by atoms with Gasteiger partial charge in [0.05, 0.1) is 6.10 Å². The summed E-state index contributed by atoms with van der Waals surface area (Å²) in [6, 6.07) is 6.01. The van der Waals surface area contributed by atoms with E-state index in [-0.39, 0.29) is 6.10 Å². The zero-order chi connectivity index (χ0) is 13.8. The SMILES string of the molecule is CC(C)Oc1cc(N)cc(N(C)CC2CCCC2)c1. The van der Waals surface area contributed by atoms with E-state index >= 15 is 0 Å². The summed E-state index contributed by atoms with van der Waals surface area (Å²) in [5.74, 6) is 1.70. The first kappa shape index (κ1) is 14.0. The van der Waals surface area contributed by atoms with Gasteiger partial charge in [-0.05, 0) is 38.7 Å². The molecular weight excluding hydrogens is 236 g/mol. The van der Waals surface area contributed by atoms with Gasteiger partial charge in [0.15, 0.2) is 0 Å². The predicted octanol–water partition coefficient (Wildman–Crippen LogP) is 3.68. The van der Waals surface area contributed by atoms with Crippen LogP contribution in [0, 0.1) is 5.92 Å². The maximum Gasteiger partial charge on any atom is 0.123 e. The minimum atomic E-state index is 0.176. The molecule has 3 nitrogen and oxygen atoms in total. The third kappa shape index (κ3) is 4.05. The number of nitrogens with two attached hydrogens (primary N) is 1. The fourth-order valence-corrected chi connectivity index (χ4v) is 2.85. The van der Waals surface area contributed by atoms with E-state index in [0.717, 1.165) is 29.6 Å². The molecule has 0 atom stereocenters. The highest BCUT2D eigenvalue weighted by molar-refractivity contribution is 5.60. The molecule has 0 heterocycles. The molecule has 0 aromatic heterocycles. The monoisotopic (exact) mass is 262 g/mol. The molecule has 1 aromatic carbocycles. The number of rotatable bonds is 5. The van der Waals surface area contributed by atoms with Crippen molar-refractivity contribution in [1.29, 1.82) is 0 Å². The van der Waals surface area contributed by atoms with Gasteiger partial charge in [-0.25, -0.2) is 0 Å². The van der Waals surface area contributed by atoms with Crippen molar-refractivity contribution in [1.82, 2.24) is 0 Å².